The van der Waals surface area contributed by atoms with Crippen molar-refractivity contribution < 1.29 is 9.21 Å². The van der Waals surface area contributed by atoms with Crippen LogP contribution < -0.4 is 15.1 Å². The first-order valence-corrected chi connectivity index (χ1v) is 9.27. The number of furan rings is 1. The van der Waals surface area contributed by atoms with Crippen LogP contribution in [0.5, 0.6) is 0 Å². The van der Waals surface area contributed by atoms with Crippen LogP contribution in [0, 0.1) is 0 Å². The quantitative estimate of drug-likeness (QED) is 0.722. The van der Waals surface area contributed by atoms with Gasteiger partial charge in [-0.1, -0.05) is 17.7 Å². The lowest BCUT2D eigenvalue weighted by atomic mass is 10.2. The molecule has 0 aliphatic carbocycles. The van der Waals surface area contributed by atoms with Crippen molar-refractivity contribution in [2.75, 3.05) is 41.3 Å². The molecule has 0 atom stereocenters. The van der Waals surface area contributed by atoms with E-state index >= 15 is 0 Å². The summed E-state index contributed by atoms with van der Waals surface area (Å²) in [6.45, 7) is 3.75. The summed E-state index contributed by atoms with van der Waals surface area (Å²) < 4.78 is 5.11. The van der Waals surface area contributed by atoms with Crippen molar-refractivity contribution in [1.82, 2.24) is 0 Å². The summed E-state index contributed by atoms with van der Waals surface area (Å²) >= 11 is 6.10. The van der Waals surface area contributed by atoms with Crippen molar-refractivity contribution >= 4 is 34.6 Å². The fraction of sp³-hybridized carbons (Fsp3) is 0.190. The minimum absolute atomic E-state index is 0.247. The van der Waals surface area contributed by atoms with Crippen molar-refractivity contribution in [2.24, 2.45) is 0 Å². The summed E-state index contributed by atoms with van der Waals surface area (Å²) in [5.74, 6) is 0.0547. The van der Waals surface area contributed by atoms with Crippen LogP contribution in [-0.2, 0) is 0 Å². The third-order valence-electron chi connectivity index (χ3n) is 4.69. The highest BCUT2D eigenvalue weighted by Gasteiger charge is 2.18. The first kappa shape index (κ1) is 17.5. The average Bonchev–Trinajstić information content (AvgIpc) is 3.24. The number of carbonyl (C=O) groups excluding carboxylic acids is 1. The maximum Gasteiger partial charge on any atom is 0.291 e. The third-order valence-corrected chi connectivity index (χ3v) is 4.92. The van der Waals surface area contributed by atoms with Gasteiger partial charge >= 0.3 is 0 Å². The summed E-state index contributed by atoms with van der Waals surface area (Å²) in [6, 6.07) is 19.2. The lowest BCUT2D eigenvalue weighted by Gasteiger charge is -2.37. The van der Waals surface area contributed by atoms with Gasteiger partial charge in [0.15, 0.2) is 5.76 Å². The smallest absolute Gasteiger partial charge is 0.291 e. The molecule has 1 aliphatic rings. The summed E-state index contributed by atoms with van der Waals surface area (Å²) in [7, 11) is 0. The van der Waals surface area contributed by atoms with Gasteiger partial charge in [0.1, 0.15) is 0 Å². The largest absolute Gasteiger partial charge is 0.459 e. The van der Waals surface area contributed by atoms with E-state index in [4.69, 9.17) is 16.0 Å². The van der Waals surface area contributed by atoms with E-state index in [1.165, 1.54) is 6.26 Å². The predicted molar refractivity (Wildman–Crippen MR) is 109 cm³/mol. The number of carbonyl (C=O) groups is 1. The van der Waals surface area contributed by atoms with Gasteiger partial charge in [0.25, 0.3) is 5.91 Å². The lowest BCUT2D eigenvalue weighted by Crippen LogP contribution is -2.46. The van der Waals surface area contributed by atoms with Gasteiger partial charge in [0, 0.05) is 48.3 Å². The zero-order valence-electron chi connectivity index (χ0n) is 14.8. The van der Waals surface area contributed by atoms with Crippen LogP contribution in [0.1, 0.15) is 10.6 Å². The molecule has 2 aromatic carbocycles. The number of piperazine rings is 1. The SMILES string of the molecule is O=C(Nc1ccc(N2CCN(c3cccc(Cl)c3)CC2)cc1)c1ccco1. The van der Waals surface area contributed by atoms with Crippen LogP contribution in [0.25, 0.3) is 0 Å². The van der Waals surface area contributed by atoms with E-state index in [-0.39, 0.29) is 5.91 Å². The molecular weight excluding hydrogens is 362 g/mol. The van der Waals surface area contributed by atoms with E-state index in [1.54, 1.807) is 12.1 Å². The number of halogens is 1. The Morgan fingerprint density at radius 1 is 0.889 bits per heavy atom. The molecule has 1 saturated heterocycles. The Bertz CT molecular complexity index is 901. The normalized spacial score (nSPS) is 14.3. The van der Waals surface area contributed by atoms with Crippen LogP contribution in [0.3, 0.4) is 0 Å². The maximum atomic E-state index is 12.0. The van der Waals surface area contributed by atoms with Crippen LogP contribution in [-0.4, -0.2) is 32.1 Å². The molecule has 5 nitrogen and oxygen atoms in total. The number of nitrogens with zero attached hydrogens (tertiary/aromatic N) is 2. The monoisotopic (exact) mass is 381 g/mol. The van der Waals surface area contributed by atoms with Gasteiger partial charge < -0.3 is 19.5 Å². The topological polar surface area (TPSA) is 48.7 Å². The predicted octanol–water partition coefficient (Wildman–Crippen LogP) is 4.51. The van der Waals surface area contributed by atoms with Gasteiger partial charge in [-0.2, -0.15) is 0 Å². The Morgan fingerprint density at radius 3 is 2.22 bits per heavy atom. The number of hydrogen-bond acceptors (Lipinski definition) is 4. The summed E-state index contributed by atoms with van der Waals surface area (Å²) in [5.41, 5.74) is 3.06. The van der Waals surface area contributed by atoms with E-state index in [1.807, 2.05) is 42.5 Å². The first-order valence-electron chi connectivity index (χ1n) is 8.89. The summed E-state index contributed by atoms with van der Waals surface area (Å²) in [5, 5.41) is 3.60. The van der Waals surface area contributed by atoms with E-state index in [0.29, 0.717) is 5.76 Å². The molecule has 0 radical (unpaired) electrons. The zero-order valence-corrected chi connectivity index (χ0v) is 15.5. The molecule has 0 saturated carbocycles. The molecule has 1 N–H and O–H groups in total. The fourth-order valence-corrected chi connectivity index (χ4v) is 3.44. The molecule has 1 amide bonds. The number of rotatable bonds is 4. The van der Waals surface area contributed by atoms with Crippen LogP contribution in [0.2, 0.25) is 5.02 Å². The van der Waals surface area contributed by atoms with Crippen LogP contribution >= 0.6 is 11.6 Å². The van der Waals surface area contributed by atoms with Gasteiger partial charge in [-0.25, -0.2) is 0 Å². The van der Waals surface area contributed by atoms with E-state index in [2.05, 4.69) is 21.2 Å². The lowest BCUT2D eigenvalue weighted by molar-refractivity contribution is 0.0996. The second kappa shape index (κ2) is 7.76. The summed E-state index contributed by atoms with van der Waals surface area (Å²) in [6.07, 6.45) is 1.49. The van der Waals surface area contributed by atoms with E-state index in [9.17, 15) is 4.79 Å². The van der Waals surface area contributed by atoms with Crippen molar-refractivity contribution in [3.8, 4) is 0 Å². The Hall–Kier alpha value is -2.92. The molecule has 138 valence electrons. The molecule has 2 heterocycles. The Labute approximate surface area is 163 Å². The van der Waals surface area contributed by atoms with E-state index < -0.39 is 0 Å². The molecule has 0 bridgehead atoms. The van der Waals surface area contributed by atoms with Crippen molar-refractivity contribution in [1.29, 1.82) is 0 Å². The van der Waals surface area contributed by atoms with Gasteiger partial charge in [0.2, 0.25) is 0 Å². The zero-order chi connectivity index (χ0) is 18.6. The number of benzene rings is 2. The highest BCUT2D eigenvalue weighted by molar-refractivity contribution is 6.30. The second-order valence-corrected chi connectivity index (χ2v) is 6.87. The van der Waals surface area contributed by atoms with Crippen LogP contribution in [0.15, 0.2) is 71.3 Å². The summed E-state index contributed by atoms with van der Waals surface area (Å²) in [4.78, 5) is 16.7. The average molecular weight is 382 g/mol. The van der Waals surface area contributed by atoms with E-state index in [0.717, 1.165) is 48.3 Å². The maximum absolute atomic E-state index is 12.0. The highest BCUT2D eigenvalue weighted by Crippen LogP contribution is 2.24. The van der Waals surface area contributed by atoms with Gasteiger partial charge in [-0.05, 0) is 54.6 Å². The molecule has 4 rings (SSSR count). The molecule has 1 fully saturated rings. The number of amides is 1. The third kappa shape index (κ3) is 4.09. The second-order valence-electron chi connectivity index (χ2n) is 6.43. The Balaban J connectivity index is 1.35. The molecule has 0 unspecified atom stereocenters. The number of anilines is 3. The van der Waals surface area contributed by atoms with Crippen LogP contribution in [0.4, 0.5) is 17.1 Å². The van der Waals surface area contributed by atoms with Crippen molar-refractivity contribution in [2.45, 2.75) is 0 Å². The van der Waals surface area contributed by atoms with Gasteiger partial charge in [0.05, 0.1) is 6.26 Å². The minimum Gasteiger partial charge on any atom is -0.459 e. The number of hydrogen-bond donors (Lipinski definition) is 1. The standard InChI is InChI=1S/C21H20ClN3O2/c22-16-3-1-4-19(15-16)25-12-10-24(11-13-25)18-8-6-17(7-9-18)23-21(26)20-5-2-14-27-20/h1-9,14-15H,10-13H2,(H,23,26). The highest BCUT2D eigenvalue weighted by atomic mass is 35.5. The first-order chi connectivity index (χ1) is 13.2. The molecule has 3 aromatic rings. The van der Waals surface area contributed by atoms with Gasteiger partial charge in [-0.3, -0.25) is 4.79 Å². The van der Waals surface area contributed by atoms with Crippen molar-refractivity contribution in [3.63, 3.8) is 0 Å². The Kier molecular flexibility index (Phi) is 5.03. The minimum atomic E-state index is -0.247. The molecule has 1 aromatic heterocycles. The molecule has 0 spiro atoms. The molecule has 1 aliphatic heterocycles. The molecule has 27 heavy (non-hydrogen) atoms. The Morgan fingerprint density at radius 2 is 1.59 bits per heavy atom. The fourth-order valence-electron chi connectivity index (χ4n) is 3.25. The molecular formula is C21H20ClN3O2. The van der Waals surface area contributed by atoms with Crippen molar-refractivity contribution in [3.05, 3.63) is 77.7 Å². The van der Waals surface area contributed by atoms with Gasteiger partial charge in [-0.15, -0.1) is 0 Å². The number of nitrogens with one attached hydrogen (secondary N) is 1. The molecule has 6 heteroatoms.